The number of hydrogen-bond donors (Lipinski definition) is 5. The minimum Gasteiger partial charge on any atom is -0.459 e. The molecule has 0 saturated carbocycles. The zero-order valence-corrected chi connectivity index (χ0v) is 34.0. The highest BCUT2D eigenvalue weighted by molar-refractivity contribution is 5.73. The number of likely N-dealkylation sites (N-methyl/N-ethyl adjacent to an activating group) is 1. The van der Waals surface area contributed by atoms with Gasteiger partial charge in [0.25, 0.3) is 0 Å². The molecule has 0 unspecified atom stereocenters. The number of cyclic esters (lactones) is 1. The molecule has 0 aromatic heterocycles. The summed E-state index contributed by atoms with van der Waals surface area (Å²) in [6, 6.07) is -0.298. The van der Waals surface area contributed by atoms with E-state index in [1.807, 2.05) is 32.8 Å². The molecule has 0 aliphatic carbocycles. The van der Waals surface area contributed by atoms with E-state index in [0.717, 1.165) is 0 Å². The van der Waals surface area contributed by atoms with E-state index in [2.05, 4.69) is 0 Å². The van der Waals surface area contributed by atoms with Crippen LogP contribution in [0.15, 0.2) is 0 Å². The summed E-state index contributed by atoms with van der Waals surface area (Å²) in [6.45, 7) is 17.4. The van der Waals surface area contributed by atoms with Crippen LogP contribution in [-0.4, -0.2) is 155 Å². The Morgan fingerprint density at radius 3 is 2.00 bits per heavy atom. The summed E-state index contributed by atoms with van der Waals surface area (Å²) < 4.78 is 43.4. The van der Waals surface area contributed by atoms with Gasteiger partial charge >= 0.3 is 5.97 Å². The molecule has 306 valence electrons. The minimum absolute atomic E-state index is 0.00701. The fourth-order valence-corrected chi connectivity index (χ4v) is 8.82. The molecule has 0 amide bonds. The van der Waals surface area contributed by atoms with Crippen molar-refractivity contribution in [2.75, 3.05) is 28.3 Å². The quantitative estimate of drug-likeness (QED) is 0.228. The van der Waals surface area contributed by atoms with E-state index < -0.39 is 108 Å². The average Bonchev–Trinajstić information content (AvgIpc) is 3.08. The molecule has 0 aromatic rings. The van der Waals surface area contributed by atoms with E-state index in [1.54, 1.807) is 55.4 Å². The van der Waals surface area contributed by atoms with E-state index in [9.17, 15) is 30.3 Å². The van der Waals surface area contributed by atoms with Gasteiger partial charge in [0, 0.05) is 38.5 Å². The number of methoxy groups -OCH3 is 2. The van der Waals surface area contributed by atoms with Crippen LogP contribution in [0.1, 0.15) is 94.9 Å². The number of carbonyl (C=O) groups is 1. The Morgan fingerprint density at radius 1 is 0.846 bits per heavy atom. The Labute approximate surface area is 311 Å². The second kappa shape index (κ2) is 17.8. The average molecular weight is 750 g/mol. The van der Waals surface area contributed by atoms with E-state index in [-0.39, 0.29) is 25.0 Å². The van der Waals surface area contributed by atoms with Gasteiger partial charge in [-0.05, 0) is 80.8 Å². The van der Waals surface area contributed by atoms with E-state index in [1.165, 1.54) is 14.2 Å². The predicted octanol–water partition coefficient (Wildman–Crippen LogP) is 2.23. The molecule has 14 nitrogen and oxygen atoms in total. The van der Waals surface area contributed by atoms with Gasteiger partial charge in [-0.2, -0.15) is 0 Å². The van der Waals surface area contributed by atoms with E-state index >= 15 is 0 Å². The third-order valence-corrected chi connectivity index (χ3v) is 12.5. The summed E-state index contributed by atoms with van der Waals surface area (Å²) in [6.07, 6.45) is -9.53. The van der Waals surface area contributed by atoms with Gasteiger partial charge < -0.3 is 63.6 Å². The Hall–Kier alpha value is -1.01. The van der Waals surface area contributed by atoms with Crippen molar-refractivity contribution in [2.24, 2.45) is 23.7 Å². The minimum atomic E-state index is -1.70. The lowest BCUT2D eigenvalue weighted by atomic mass is 9.73. The second-order valence-electron chi connectivity index (χ2n) is 16.9. The first-order chi connectivity index (χ1) is 24.0. The number of carbonyl (C=O) groups excluding carboxylic acids is 1. The summed E-state index contributed by atoms with van der Waals surface area (Å²) in [7, 11) is 6.67. The molecule has 3 rings (SSSR count). The van der Waals surface area contributed by atoms with E-state index in [0.29, 0.717) is 12.8 Å². The van der Waals surface area contributed by atoms with E-state index in [4.69, 9.17) is 33.2 Å². The molecule has 0 bridgehead atoms. The summed E-state index contributed by atoms with van der Waals surface area (Å²) in [5.74, 6) is -3.74. The summed E-state index contributed by atoms with van der Waals surface area (Å²) >= 11 is 0. The van der Waals surface area contributed by atoms with Crippen LogP contribution < -0.4 is 0 Å². The van der Waals surface area contributed by atoms with Crippen LogP contribution in [0, 0.1) is 23.7 Å². The first-order valence-electron chi connectivity index (χ1n) is 19.0. The highest BCUT2D eigenvalue weighted by Gasteiger charge is 2.54. The number of aliphatic hydroxyl groups excluding tert-OH is 4. The molecular formula is C38H71NO13. The lowest BCUT2D eigenvalue weighted by Crippen LogP contribution is -2.61. The van der Waals surface area contributed by atoms with Crippen LogP contribution in [0.3, 0.4) is 0 Å². The van der Waals surface area contributed by atoms with Gasteiger partial charge in [0.2, 0.25) is 0 Å². The molecular weight excluding hydrogens is 678 g/mol. The molecule has 5 N–H and O–H groups in total. The molecule has 3 aliphatic rings. The Morgan fingerprint density at radius 2 is 1.46 bits per heavy atom. The summed E-state index contributed by atoms with van der Waals surface area (Å²) in [4.78, 5) is 16.2. The molecule has 3 heterocycles. The van der Waals surface area contributed by atoms with Gasteiger partial charge in [0.15, 0.2) is 12.6 Å². The first-order valence-corrected chi connectivity index (χ1v) is 19.0. The zero-order chi connectivity index (χ0) is 39.7. The molecule has 0 aromatic carbocycles. The van der Waals surface area contributed by atoms with Crippen LogP contribution in [0.25, 0.3) is 0 Å². The van der Waals surface area contributed by atoms with Crippen molar-refractivity contribution in [1.29, 1.82) is 0 Å². The van der Waals surface area contributed by atoms with Crippen molar-refractivity contribution in [1.82, 2.24) is 4.90 Å². The normalized spacial score (nSPS) is 50.4. The van der Waals surface area contributed by atoms with Gasteiger partial charge in [0.1, 0.15) is 23.9 Å². The van der Waals surface area contributed by atoms with Gasteiger partial charge in [-0.15, -0.1) is 0 Å². The lowest BCUT2D eigenvalue weighted by Gasteiger charge is -2.49. The van der Waals surface area contributed by atoms with Crippen LogP contribution in [0.4, 0.5) is 0 Å². The van der Waals surface area contributed by atoms with Crippen molar-refractivity contribution in [3.8, 4) is 0 Å². The zero-order valence-electron chi connectivity index (χ0n) is 34.0. The third-order valence-electron chi connectivity index (χ3n) is 12.5. The van der Waals surface area contributed by atoms with Crippen molar-refractivity contribution < 1.29 is 63.5 Å². The highest BCUT2D eigenvalue weighted by Crippen LogP contribution is 2.41. The number of nitrogens with zero attached hydrogens (tertiary/aromatic N) is 1. The number of esters is 1. The maximum absolute atomic E-state index is 14.3. The largest absolute Gasteiger partial charge is 0.459 e. The third kappa shape index (κ3) is 9.50. The Balaban J connectivity index is 2.20. The number of ether oxygens (including phenoxy) is 7. The standard InChI is InChI=1S/C38H71NO13/c1-15-26-38(10,47-14)31(42)21(4)28(40)19(2)17-36(8,45)33(52-35-29(41)25(39(11)12)16-20(3)48-35)22(5)30(23(6)34(44)50-26)51-27-18-37(9,46-13)32(43)24(7)49-27/h19-33,35,40-43,45H,15-18H2,1-14H3/t19-,20-,21+,22+,23-,24+,25+,26-,27+,28+,29-,30+,31-,32+,33-,35+,36+,37-,38-/m1/s1. The van der Waals surface area contributed by atoms with Gasteiger partial charge in [0.05, 0.1) is 53.7 Å². The van der Waals surface area contributed by atoms with Gasteiger partial charge in [-0.25, -0.2) is 0 Å². The molecule has 3 aliphatic heterocycles. The molecule has 14 heteroatoms. The molecule has 3 saturated heterocycles. The topological polar surface area (TPSA) is 186 Å². The second-order valence-corrected chi connectivity index (χ2v) is 16.9. The number of rotatable bonds is 8. The van der Waals surface area contributed by atoms with Crippen molar-refractivity contribution in [3.63, 3.8) is 0 Å². The van der Waals surface area contributed by atoms with Gasteiger partial charge in [-0.3, -0.25) is 4.79 Å². The Bertz CT molecular complexity index is 1140. The van der Waals surface area contributed by atoms with Crippen LogP contribution >= 0.6 is 0 Å². The molecule has 19 atom stereocenters. The van der Waals surface area contributed by atoms with Crippen LogP contribution in [0.2, 0.25) is 0 Å². The van der Waals surface area contributed by atoms with Crippen LogP contribution in [0.5, 0.6) is 0 Å². The van der Waals surface area contributed by atoms with Crippen molar-refractivity contribution in [2.45, 2.75) is 185 Å². The monoisotopic (exact) mass is 749 g/mol. The maximum atomic E-state index is 14.3. The summed E-state index contributed by atoms with van der Waals surface area (Å²) in [5.41, 5.74) is -4.12. The molecule has 52 heavy (non-hydrogen) atoms. The molecule has 3 fully saturated rings. The number of aliphatic hydroxyl groups is 5. The maximum Gasteiger partial charge on any atom is 0.311 e. The SMILES string of the molecule is CC[C@H]1OC(=O)[C@H](C)[C@@H](O[C@H]2C[C@@](C)(OC)[C@@H](O)[C@H](C)O2)[C@H](C)[C@@H](O[C@@H]2O[C@H](C)C[C@H](N(C)C)[C@H]2O)[C@@](C)(O)C[C@@H](C)[C@H](O)[C@H](C)[C@@H](O)[C@]1(C)OC. The fourth-order valence-electron chi connectivity index (χ4n) is 8.82. The Kier molecular flexibility index (Phi) is 15.6. The van der Waals surface area contributed by atoms with Crippen LogP contribution in [-0.2, 0) is 38.0 Å². The predicted molar refractivity (Wildman–Crippen MR) is 192 cm³/mol. The smallest absolute Gasteiger partial charge is 0.311 e. The lowest BCUT2D eigenvalue weighted by molar-refractivity contribution is -0.318. The first kappa shape index (κ1) is 45.4. The highest BCUT2D eigenvalue weighted by atomic mass is 16.7. The molecule has 0 spiro atoms. The number of hydrogen-bond acceptors (Lipinski definition) is 14. The molecule has 0 radical (unpaired) electrons. The van der Waals surface area contributed by atoms with Crippen molar-refractivity contribution in [3.05, 3.63) is 0 Å². The van der Waals surface area contributed by atoms with Gasteiger partial charge in [-0.1, -0.05) is 27.7 Å². The summed E-state index contributed by atoms with van der Waals surface area (Å²) in [5, 5.41) is 58.3. The van der Waals surface area contributed by atoms with Crippen molar-refractivity contribution >= 4 is 5.97 Å². The fraction of sp³-hybridized carbons (Fsp3) is 0.974.